The van der Waals surface area contributed by atoms with Gasteiger partial charge in [-0.25, -0.2) is 0 Å². The number of nitrogens with two attached hydrogens (primary N) is 1. The van der Waals surface area contributed by atoms with E-state index in [1.807, 2.05) is 18.7 Å². The summed E-state index contributed by atoms with van der Waals surface area (Å²) in [6.07, 6.45) is 2.04. The third kappa shape index (κ3) is 5.01. The average Bonchev–Trinajstić information content (AvgIpc) is 2.56. The van der Waals surface area contributed by atoms with E-state index < -0.39 is 0 Å². The van der Waals surface area contributed by atoms with Crippen LogP contribution >= 0.6 is 11.6 Å². The minimum Gasteiger partial charge on any atom is -0.496 e. The van der Waals surface area contributed by atoms with Gasteiger partial charge in [0.15, 0.2) is 0 Å². The van der Waals surface area contributed by atoms with Gasteiger partial charge in [-0.05, 0) is 24.8 Å². The van der Waals surface area contributed by atoms with E-state index in [1.165, 1.54) is 13.2 Å². The minimum atomic E-state index is -0.245. The van der Waals surface area contributed by atoms with Crippen LogP contribution in [0, 0.1) is 5.92 Å². The van der Waals surface area contributed by atoms with Crippen molar-refractivity contribution in [2.75, 3.05) is 25.9 Å². The van der Waals surface area contributed by atoms with Gasteiger partial charge in [0.05, 0.1) is 23.4 Å². The monoisotopic (exact) mass is 367 g/mol. The van der Waals surface area contributed by atoms with E-state index in [-0.39, 0.29) is 17.9 Å². The second-order valence-electron chi connectivity index (χ2n) is 6.80. The number of ether oxygens (including phenoxy) is 1. The van der Waals surface area contributed by atoms with Crippen molar-refractivity contribution in [1.29, 1.82) is 0 Å². The molecule has 0 atom stereocenters. The molecule has 0 saturated carbocycles. The lowest BCUT2D eigenvalue weighted by molar-refractivity contribution is -0.133. The molecular weight excluding hydrogens is 342 g/mol. The number of nitrogens with one attached hydrogen (secondary N) is 1. The van der Waals surface area contributed by atoms with Crippen molar-refractivity contribution in [3.8, 4) is 5.75 Å². The van der Waals surface area contributed by atoms with Crippen LogP contribution in [-0.4, -0.2) is 43.0 Å². The molecule has 7 heteroatoms. The number of likely N-dealkylation sites (tertiary alicyclic amines) is 1. The summed E-state index contributed by atoms with van der Waals surface area (Å²) < 4.78 is 5.22. The first-order chi connectivity index (χ1) is 11.8. The molecule has 6 nitrogen and oxygen atoms in total. The van der Waals surface area contributed by atoms with Crippen molar-refractivity contribution in [1.82, 2.24) is 10.2 Å². The van der Waals surface area contributed by atoms with E-state index >= 15 is 0 Å². The Bertz CT molecular complexity index is 641. The maximum Gasteiger partial charge on any atom is 0.255 e. The lowest BCUT2D eigenvalue weighted by Gasteiger charge is -2.33. The quantitative estimate of drug-likeness (QED) is 0.783. The van der Waals surface area contributed by atoms with E-state index in [2.05, 4.69) is 5.32 Å². The molecule has 1 fully saturated rings. The third-order valence-electron chi connectivity index (χ3n) is 4.33. The van der Waals surface area contributed by atoms with Crippen molar-refractivity contribution in [3.63, 3.8) is 0 Å². The molecule has 3 N–H and O–H groups in total. The Morgan fingerprint density at radius 1 is 1.36 bits per heavy atom. The first-order valence-corrected chi connectivity index (χ1v) is 8.91. The van der Waals surface area contributed by atoms with Crippen LogP contribution in [0.1, 0.15) is 43.5 Å². The Kier molecular flexibility index (Phi) is 6.53. The summed E-state index contributed by atoms with van der Waals surface area (Å²) in [6, 6.07) is 3.09. The summed E-state index contributed by atoms with van der Waals surface area (Å²) in [5.74, 6) is 0.689. The molecule has 0 spiro atoms. The van der Waals surface area contributed by atoms with Crippen LogP contribution < -0.4 is 15.8 Å². The van der Waals surface area contributed by atoms with Gasteiger partial charge in [-0.1, -0.05) is 25.4 Å². The van der Waals surface area contributed by atoms with Crippen LogP contribution in [0.4, 0.5) is 5.69 Å². The number of nitrogen functional groups attached to an aromatic ring is 1. The number of carbonyl (C=O) groups excluding carboxylic acids is 2. The van der Waals surface area contributed by atoms with Gasteiger partial charge < -0.3 is 20.7 Å². The zero-order chi connectivity index (χ0) is 18.6. The normalized spacial score (nSPS) is 15.3. The number of nitrogens with zero attached hydrogens (tertiary/aromatic N) is 1. The van der Waals surface area contributed by atoms with Gasteiger partial charge in [0.2, 0.25) is 5.91 Å². The first kappa shape index (κ1) is 19.4. The predicted octanol–water partition coefficient (Wildman–Crippen LogP) is 2.70. The maximum atomic E-state index is 12.5. The molecule has 25 heavy (non-hydrogen) atoms. The SMILES string of the molecule is COc1cc(N)c(Cl)cc1C(=O)NC1CCN(C(=O)CC(C)C)CC1. The number of anilines is 1. The second-order valence-corrected chi connectivity index (χ2v) is 7.21. The fourth-order valence-electron chi connectivity index (χ4n) is 2.93. The van der Waals surface area contributed by atoms with Crippen molar-refractivity contribution < 1.29 is 14.3 Å². The van der Waals surface area contributed by atoms with Gasteiger partial charge in [-0.3, -0.25) is 9.59 Å². The highest BCUT2D eigenvalue weighted by Crippen LogP contribution is 2.29. The second kappa shape index (κ2) is 8.43. The summed E-state index contributed by atoms with van der Waals surface area (Å²) in [5, 5.41) is 3.32. The van der Waals surface area contributed by atoms with Crippen molar-refractivity contribution in [2.45, 2.75) is 39.2 Å². The van der Waals surface area contributed by atoms with E-state index in [0.29, 0.717) is 47.5 Å². The molecule has 2 amide bonds. The lowest BCUT2D eigenvalue weighted by Crippen LogP contribution is -2.46. The molecule has 0 aromatic heterocycles. The zero-order valence-corrected chi connectivity index (χ0v) is 15.7. The van der Waals surface area contributed by atoms with E-state index in [1.54, 1.807) is 6.07 Å². The molecule has 0 radical (unpaired) electrons. The van der Waals surface area contributed by atoms with Gasteiger partial charge in [-0.15, -0.1) is 0 Å². The van der Waals surface area contributed by atoms with Crippen LogP contribution in [0.25, 0.3) is 0 Å². The molecule has 2 rings (SSSR count). The van der Waals surface area contributed by atoms with Crippen LogP contribution in [0.2, 0.25) is 5.02 Å². The van der Waals surface area contributed by atoms with Crippen LogP contribution in [0.5, 0.6) is 5.75 Å². The van der Waals surface area contributed by atoms with E-state index in [4.69, 9.17) is 22.1 Å². The molecule has 0 unspecified atom stereocenters. The molecule has 0 bridgehead atoms. The number of methoxy groups -OCH3 is 1. The molecule has 138 valence electrons. The Hall–Kier alpha value is -1.95. The van der Waals surface area contributed by atoms with Crippen molar-refractivity contribution in [2.24, 2.45) is 5.92 Å². The summed E-state index contributed by atoms with van der Waals surface area (Å²) in [6.45, 7) is 5.40. The maximum absolute atomic E-state index is 12.5. The molecule has 1 aromatic carbocycles. The summed E-state index contributed by atoms with van der Waals surface area (Å²) in [5.41, 5.74) is 6.48. The number of carbonyl (C=O) groups is 2. The molecule has 1 heterocycles. The Morgan fingerprint density at radius 2 is 2.00 bits per heavy atom. The summed E-state index contributed by atoms with van der Waals surface area (Å²) >= 11 is 6.02. The number of piperidine rings is 1. The van der Waals surface area contributed by atoms with Crippen LogP contribution in [-0.2, 0) is 4.79 Å². The molecule has 1 aliphatic rings. The Balaban J connectivity index is 1.95. The fraction of sp³-hybridized carbons (Fsp3) is 0.556. The standard InChI is InChI=1S/C18H26ClN3O3/c1-11(2)8-17(23)22-6-4-12(5-7-22)21-18(24)13-9-14(19)15(20)10-16(13)25-3/h9-12H,4-8,20H2,1-3H3,(H,21,24). The number of amides is 2. The number of rotatable bonds is 5. The summed E-state index contributed by atoms with van der Waals surface area (Å²) in [4.78, 5) is 26.5. The first-order valence-electron chi connectivity index (χ1n) is 8.53. The Labute approximate surface area is 153 Å². The smallest absolute Gasteiger partial charge is 0.255 e. The summed E-state index contributed by atoms with van der Waals surface area (Å²) in [7, 11) is 1.48. The molecule has 1 saturated heterocycles. The highest BCUT2D eigenvalue weighted by molar-refractivity contribution is 6.33. The molecular formula is C18H26ClN3O3. The largest absolute Gasteiger partial charge is 0.496 e. The number of hydrogen-bond donors (Lipinski definition) is 2. The predicted molar refractivity (Wildman–Crippen MR) is 98.9 cm³/mol. The molecule has 1 aliphatic heterocycles. The van der Waals surface area contributed by atoms with E-state index in [0.717, 1.165) is 12.8 Å². The van der Waals surface area contributed by atoms with Crippen molar-refractivity contribution >= 4 is 29.1 Å². The third-order valence-corrected chi connectivity index (χ3v) is 4.66. The average molecular weight is 368 g/mol. The highest BCUT2D eigenvalue weighted by Gasteiger charge is 2.25. The number of hydrogen-bond acceptors (Lipinski definition) is 4. The minimum absolute atomic E-state index is 0.0247. The van der Waals surface area contributed by atoms with Crippen LogP contribution in [0.3, 0.4) is 0 Å². The van der Waals surface area contributed by atoms with Gasteiger partial charge in [0.25, 0.3) is 5.91 Å². The zero-order valence-electron chi connectivity index (χ0n) is 15.0. The van der Waals surface area contributed by atoms with Crippen LogP contribution in [0.15, 0.2) is 12.1 Å². The van der Waals surface area contributed by atoms with Gasteiger partial charge in [0, 0.05) is 31.6 Å². The van der Waals surface area contributed by atoms with Gasteiger partial charge in [0.1, 0.15) is 5.75 Å². The highest BCUT2D eigenvalue weighted by atomic mass is 35.5. The number of benzene rings is 1. The molecule has 1 aromatic rings. The lowest BCUT2D eigenvalue weighted by atomic mass is 10.0. The van der Waals surface area contributed by atoms with Crippen molar-refractivity contribution in [3.05, 3.63) is 22.7 Å². The van der Waals surface area contributed by atoms with E-state index in [9.17, 15) is 9.59 Å². The molecule has 0 aliphatic carbocycles. The van der Waals surface area contributed by atoms with Gasteiger partial charge in [-0.2, -0.15) is 0 Å². The topological polar surface area (TPSA) is 84.7 Å². The van der Waals surface area contributed by atoms with Gasteiger partial charge >= 0.3 is 0 Å². The Morgan fingerprint density at radius 3 is 2.56 bits per heavy atom. The fourth-order valence-corrected chi connectivity index (χ4v) is 3.09. The number of halogens is 1.